The average molecular weight is 266 g/mol. The van der Waals surface area contributed by atoms with Gasteiger partial charge in [0.15, 0.2) is 0 Å². The number of hydrogen-bond acceptors (Lipinski definition) is 4. The van der Waals surface area contributed by atoms with Crippen molar-refractivity contribution < 1.29 is 13.7 Å². The molecule has 0 saturated carbocycles. The van der Waals surface area contributed by atoms with Gasteiger partial charge in [0.2, 0.25) is 5.91 Å². The Labute approximate surface area is 108 Å². The Morgan fingerprint density at radius 3 is 2.61 bits per heavy atom. The monoisotopic (exact) mass is 266 g/mol. The molecule has 0 spiro atoms. The van der Waals surface area contributed by atoms with Crippen molar-refractivity contribution in [2.24, 2.45) is 5.73 Å². The lowest BCUT2D eigenvalue weighted by atomic mass is 10.2. The molecule has 2 N–H and O–H groups in total. The molecule has 5 nitrogen and oxygen atoms in total. The molecule has 0 aliphatic carbocycles. The zero-order chi connectivity index (χ0) is 13.4. The molecule has 0 aliphatic rings. The molecule has 0 saturated heterocycles. The molecule has 1 amide bonds. The van der Waals surface area contributed by atoms with Crippen molar-refractivity contribution in [2.75, 3.05) is 18.1 Å². The Balaban J connectivity index is 2.23. The van der Waals surface area contributed by atoms with Crippen LogP contribution in [0.5, 0.6) is 5.75 Å². The van der Waals surface area contributed by atoms with Crippen LogP contribution in [0.15, 0.2) is 24.3 Å². The highest BCUT2D eigenvalue weighted by molar-refractivity contribution is 7.85. The van der Waals surface area contributed by atoms with Gasteiger partial charge in [0.05, 0.1) is 18.2 Å². The van der Waals surface area contributed by atoms with E-state index in [-0.39, 0.29) is 5.75 Å². The van der Waals surface area contributed by atoms with E-state index in [0.717, 1.165) is 0 Å². The summed E-state index contributed by atoms with van der Waals surface area (Å²) in [7, 11) is -1.21. The van der Waals surface area contributed by atoms with Crippen molar-refractivity contribution in [1.82, 2.24) is 0 Å². The molecule has 0 bridgehead atoms. The third-order valence-electron chi connectivity index (χ3n) is 2.07. The van der Waals surface area contributed by atoms with Crippen molar-refractivity contribution in [1.29, 1.82) is 5.26 Å². The van der Waals surface area contributed by atoms with Crippen LogP contribution in [0.2, 0.25) is 0 Å². The third kappa shape index (κ3) is 5.46. The van der Waals surface area contributed by atoms with Crippen molar-refractivity contribution in [3.63, 3.8) is 0 Å². The minimum atomic E-state index is -1.21. The molecule has 1 rings (SSSR count). The lowest BCUT2D eigenvalue weighted by Crippen LogP contribution is -2.21. The van der Waals surface area contributed by atoms with Gasteiger partial charge in [-0.05, 0) is 30.7 Å². The highest BCUT2D eigenvalue weighted by Crippen LogP contribution is 2.11. The third-order valence-corrected chi connectivity index (χ3v) is 3.42. The lowest BCUT2D eigenvalue weighted by Gasteiger charge is -2.05. The van der Waals surface area contributed by atoms with Gasteiger partial charge in [0.1, 0.15) is 11.5 Å². The van der Waals surface area contributed by atoms with E-state index in [9.17, 15) is 9.00 Å². The number of carbonyl (C=O) groups excluding carboxylic acids is 1. The van der Waals surface area contributed by atoms with Gasteiger partial charge in [0, 0.05) is 16.6 Å². The molecule has 1 atom stereocenters. The first-order chi connectivity index (χ1) is 8.61. The van der Waals surface area contributed by atoms with Gasteiger partial charge in [-0.2, -0.15) is 5.26 Å². The summed E-state index contributed by atoms with van der Waals surface area (Å²) in [6.45, 7) is 0.413. The first-order valence-electron chi connectivity index (χ1n) is 5.38. The number of hydrogen-bond donors (Lipinski definition) is 1. The number of nitrogens with two attached hydrogens (primary N) is 1. The molecular weight excluding hydrogens is 252 g/mol. The van der Waals surface area contributed by atoms with Crippen LogP contribution in [0.1, 0.15) is 12.0 Å². The zero-order valence-electron chi connectivity index (χ0n) is 9.80. The lowest BCUT2D eigenvalue weighted by molar-refractivity contribution is -0.115. The number of ether oxygens (including phenoxy) is 1. The van der Waals surface area contributed by atoms with E-state index in [1.165, 1.54) is 0 Å². The summed E-state index contributed by atoms with van der Waals surface area (Å²) in [4.78, 5) is 10.5. The predicted octanol–water partition coefficient (Wildman–Crippen LogP) is 0.561. The number of nitrogens with zero attached hydrogens (tertiary/aromatic N) is 1. The van der Waals surface area contributed by atoms with Gasteiger partial charge in [-0.25, -0.2) is 0 Å². The number of benzene rings is 1. The van der Waals surface area contributed by atoms with E-state index in [2.05, 4.69) is 0 Å². The summed E-state index contributed by atoms with van der Waals surface area (Å²) in [5.74, 6) is 0.395. The number of nitriles is 1. The van der Waals surface area contributed by atoms with Gasteiger partial charge in [-0.1, -0.05) is 0 Å². The number of rotatable bonds is 7. The zero-order valence-corrected chi connectivity index (χ0v) is 10.6. The summed E-state index contributed by atoms with van der Waals surface area (Å²) < 4.78 is 16.7. The Hall–Kier alpha value is -1.87. The molecule has 0 aliphatic heterocycles. The largest absolute Gasteiger partial charge is 0.494 e. The second kappa shape index (κ2) is 7.45. The van der Waals surface area contributed by atoms with Crippen molar-refractivity contribution in [3.05, 3.63) is 29.8 Å². The fourth-order valence-electron chi connectivity index (χ4n) is 1.27. The minimum Gasteiger partial charge on any atom is -0.494 e. The maximum Gasteiger partial charge on any atom is 0.230 e. The summed E-state index contributed by atoms with van der Waals surface area (Å²) >= 11 is 0. The van der Waals surface area contributed by atoms with Crippen LogP contribution in [0, 0.1) is 11.3 Å². The van der Waals surface area contributed by atoms with Gasteiger partial charge in [-0.15, -0.1) is 0 Å². The quantitative estimate of drug-likeness (QED) is 0.730. The van der Waals surface area contributed by atoms with E-state index in [0.29, 0.717) is 30.1 Å². The van der Waals surface area contributed by atoms with Crippen LogP contribution >= 0.6 is 0 Å². The molecule has 96 valence electrons. The highest BCUT2D eigenvalue weighted by atomic mass is 32.2. The molecule has 18 heavy (non-hydrogen) atoms. The van der Waals surface area contributed by atoms with E-state index in [1.54, 1.807) is 24.3 Å². The summed E-state index contributed by atoms with van der Waals surface area (Å²) in [6, 6.07) is 8.76. The van der Waals surface area contributed by atoms with E-state index >= 15 is 0 Å². The molecule has 1 aromatic rings. The van der Waals surface area contributed by atoms with Crippen LogP contribution in [0.4, 0.5) is 0 Å². The van der Waals surface area contributed by atoms with Crippen LogP contribution < -0.4 is 10.5 Å². The molecule has 0 heterocycles. The number of carbonyl (C=O) groups is 1. The van der Waals surface area contributed by atoms with Crippen LogP contribution in [-0.2, 0) is 15.6 Å². The number of primary amides is 1. The normalized spacial score (nSPS) is 11.5. The van der Waals surface area contributed by atoms with Gasteiger partial charge in [0.25, 0.3) is 0 Å². The number of amides is 1. The highest BCUT2D eigenvalue weighted by Gasteiger charge is 2.03. The molecular formula is C12H14N2O3S. The van der Waals surface area contributed by atoms with Crippen molar-refractivity contribution in [2.45, 2.75) is 6.42 Å². The van der Waals surface area contributed by atoms with Crippen LogP contribution in [-0.4, -0.2) is 28.2 Å². The Morgan fingerprint density at radius 1 is 1.39 bits per heavy atom. The van der Waals surface area contributed by atoms with Crippen LogP contribution in [0.3, 0.4) is 0 Å². The van der Waals surface area contributed by atoms with Gasteiger partial charge < -0.3 is 10.5 Å². The fraction of sp³-hybridized carbons (Fsp3) is 0.333. The summed E-state index contributed by atoms with van der Waals surface area (Å²) in [6.07, 6.45) is 0.583. The Bertz CT molecular complexity index is 465. The molecule has 1 unspecified atom stereocenters. The second-order valence-electron chi connectivity index (χ2n) is 3.59. The van der Waals surface area contributed by atoms with E-state index in [4.69, 9.17) is 15.7 Å². The average Bonchev–Trinajstić information content (AvgIpc) is 2.34. The molecule has 1 aromatic carbocycles. The Morgan fingerprint density at radius 2 is 2.06 bits per heavy atom. The maximum atomic E-state index is 11.3. The van der Waals surface area contributed by atoms with Gasteiger partial charge in [-0.3, -0.25) is 9.00 Å². The fourth-order valence-corrected chi connectivity index (χ4v) is 2.17. The summed E-state index contributed by atoms with van der Waals surface area (Å²) in [5.41, 5.74) is 5.50. The first-order valence-corrected chi connectivity index (χ1v) is 6.87. The van der Waals surface area contributed by atoms with Crippen molar-refractivity contribution >= 4 is 16.7 Å². The Kier molecular flexibility index (Phi) is 5.88. The maximum absolute atomic E-state index is 11.3. The van der Waals surface area contributed by atoms with E-state index < -0.39 is 16.7 Å². The SMILES string of the molecule is N#Cc1ccc(OCCCS(=O)CC(N)=O)cc1. The smallest absolute Gasteiger partial charge is 0.230 e. The van der Waals surface area contributed by atoms with Crippen molar-refractivity contribution in [3.8, 4) is 11.8 Å². The van der Waals surface area contributed by atoms with Gasteiger partial charge >= 0.3 is 0 Å². The molecule has 0 aromatic heterocycles. The predicted molar refractivity (Wildman–Crippen MR) is 68.3 cm³/mol. The topological polar surface area (TPSA) is 93.2 Å². The second-order valence-corrected chi connectivity index (χ2v) is 5.17. The first kappa shape index (κ1) is 14.2. The van der Waals surface area contributed by atoms with Crippen LogP contribution in [0.25, 0.3) is 0 Å². The summed E-state index contributed by atoms with van der Waals surface area (Å²) in [5, 5.41) is 8.61. The minimum absolute atomic E-state index is 0.100. The molecule has 0 fully saturated rings. The molecule has 0 radical (unpaired) electrons. The molecule has 6 heteroatoms. The van der Waals surface area contributed by atoms with E-state index in [1.807, 2.05) is 6.07 Å². The standard InChI is InChI=1S/C12H14N2O3S/c13-8-10-2-4-11(5-3-10)17-6-1-7-18(16)9-12(14)15/h2-5H,1,6-7,9H2,(H2,14,15).